The van der Waals surface area contributed by atoms with E-state index in [2.05, 4.69) is 0 Å². The molecule has 0 fully saturated rings. The van der Waals surface area contributed by atoms with Gasteiger partial charge in [-0.15, -0.1) is 0 Å². The van der Waals surface area contributed by atoms with Crippen molar-refractivity contribution in [3.63, 3.8) is 0 Å². The van der Waals surface area contributed by atoms with Crippen LogP contribution in [0.3, 0.4) is 0 Å². The monoisotopic (exact) mass is 131 g/mol. The summed E-state index contributed by atoms with van der Waals surface area (Å²) >= 11 is 0. The molecule has 0 radical (unpaired) electrons. The third kappa shape index (κ3) is 10.8. The molecular weight excluding hydrogens is 128 g/mol. The van der Waals surface area contributed by atoms with Crippen LogP contribution in [0.4, 0.5) is 0 Å². The molecule has 0 unspecified atom stereocenters. The summed E-state index contributed by atoms with van der Waals surface area (Å²) in [5, 5.41) is 7.39. The van der Waals surface area contributed by atoms with Gasteiger partial charge >= 0.3 is 37.2 Å². The SMILES string of the molecule is N#CP(=O)(O)O.[H-].[Na+]. The van der Waals surface area contributed by atoms with Gasteiger partial charge in [0.2, 0.25) is 0 Å². The number of hydrogen-bond donors (Lipinski definition) is 2. The van der Waals surface area contributed by atoms with Crippen molar-refractivity contribution in [2.24, 2.45) is 0 Å². The summed E-state index contributed by atoms with van der Waals surface area (Å²) in [6, 6.07) is 0. The Morgan fingerprint density at radius 2 is 1.86 bits per heavy atom. The Labute approximate surface area is 64.1 Å². The van der Waals surface area contributed by atoms with Crippen molar-refractivity contribution < 1.29 is 45.3 Å². The average Bonchev–Trinajstić information content (AvgIpc) is 1.35. The molecule has 0 aliphatic heterocycles. The predicted molar refractivity (Wildman–Crippen MR) is 18.8 cm³/mol. The topological polar surface area (TPSA) is 81.3 Å². The van der Waals surface area contributed by atoms with E-state index in [0.29, 0.717) is 0 Å². The van der Waals surface area contributed by atoms with Gasteiger partial charge in [0.05, 0.1) is 0 Å². The standard InChI is InChI=1S/CH2NO3P.Na.H/c2-1-6(3,4)5;;/h(H2,3,4,5);;/q;+1;-1. The van der Waals surface area contributed by atoms with Gasteiger partial charge < -0.3 is 11.2 Å². The Morgan fingerprint density at radius 3 is 1.86 bits per heavy atom. The largest absolute Gasteiger partial charge is 1.00 e. The van der Waals surface area contributed by atoms with Gasteiger partial charge in [0.25, 0.3) is 0 Å². The molecule has 0 aromatic heterocycles. The van der Waals surface area contributed by atoms with Crippen LogP contribution in [0.2, 0.25) is 0 Å². The minimum absolute atomic E-state index is 0. The van der Waals surface area contributed by atoms with Crippen LogP contribution < -0.4 is 29.6 Å². The van der Waals surface area contributed by atoms with E-state index in [1.165, 1.54) is 0 Å². The van der Waals surface area contributed by atoms with Gasteiger partial charge in [0.15, 0.2) is 5.81 Å². The van der Waals surface area contributed by atoms with Crippen LogP contribution in [-0.4, -0.2) is 9.79 Å². The van der Waals surface area contributed by atoms with Crippen LogP contribution >= 0.6 is 7.60 Å². The minimum Gasteiger partial charge on any atom is -1.00 e. The van der Waals surface area contributed by atoms with Gasteiger partial charge in [-0.1, -0.05) is 0 Å². The molecule has 7 heavy (non-hydrogen) atoms. The second-order valence-electron chi connectivity index (χ2n) is 0.644. The number of nitriles is 1. The fraction of sp³-hybridized carbons (Fsp3) is 0. The van der Waals surface area contributed by atoms with E-state index >= 15 is 0 Å². The van der Waals surface area contributed by atoms with Gasteiger partial charge in [0, 0.05) is 0 Å². The molecule has 0 bridgehead atoms. The van der Waals surface area contributed by atoms with Gasteiger partial charge in [-0.3, -0.25) is 0 Å². The maximum Gasteiger partial charge on any atom is 1.00 e. The summed E-state index contributed by atoms with van der Waals surface area (Å²) in [4.78, 5) is 15.2. The Bertz CT molecular complexity index is 126. The first kappa shape index (κ1) is 10.6. The van der Waals surface area contributed by atoms with E-state index in [9.17, 15) is 4.57 Å². The minimum atomic E-state index is -4.34. The molecule has 0 aliphatic rings. The molecule has 36 valence electrons. The third-order valence-electron chi connectivity index (χ3n) is 0.130. The summed E-state index contributed by atoms with van der Waals surface area (Å²) in [6.07, 6.45) is 0. The van der Waals surface area contributed by atoms with Crippen molar-refractivity contribution >= 4 is 7.60 Å². The van der Waals surface area contributed by atoms with E-state index in [0.717, 1.165) is 5.81 Å². The molecule has 0 heterocycles. The van der Waals surface area contributed by atoms with E-state index < -0.39 is 7.60 Å². The molecule has 0 atom stereocenters. The first-order valence-electron chi connectivity index (χ1n) is 1.03. The van der Waals surface area contributed by atoms with Gasteiger partial charge in [-0.05, 0) is 0 Å². The average molecular weight is 131 g/mol. The molecule has 0 aromatic carbocycles. The van der Waals surface area contributed by atoms with E-state index in [1.807, 2.05) is 0 Å². The zero-order valence-electron chi connectivity index (χ0n) is 4.70. The van der Waals surface area contributed by atoms with Crippen LogP contribution in [0.5, 0.6) is 0 Å². The summed E-state index contributed by atoms with van der Waals surface area (Å²) < 4.78 is 9.33. The normalized spacial score (nSPS) is 8.71. The Balaban J connectivity index is -0.000000125. The molecule has 0 saturated heterocycles. The van der Waals surface area contributed by atoms with Gasteiger partial charge in [0.1, 0.15) is 0 Å². The van der Waals surface area contributed by atoms with E-state index in [1.54, 1.807) is 0 Å². The van der Waals surface area contributed by atoms with Crippen LogP contribution in [0, 0.1) is 11.1 Å². The molecule has 0 rings (SSSR count). The van der Waals surface area contributed by atoms with Crippen molar-refractivity contribution in [3.8, 4) is 5.81 Å². The molecule has 0 aliphatic carbocycles. The number of nitrogens with zero attached hydrogens (tertiary/aromatic N) is 1. The maximum absolute atomic E-state index is 9.33. The molecule has 4 nitrogen and oxygen atoms in total. The van der Waals surface area contributed by atoms with E-state index in [4.69, 9.17) is 15.0 Å². The zero-order chi connectivity index (χ0) is 5.21. The molecule has 0 spiro atoms. The molecule has 2 N–H and O–H groups in total. The van der Waals surface area contributed by atoms with E-state index in [-0.39, 0.29) is 31.0 Å². The van der Waals surface area contributed by atoms with Crippen LogP contribution in [-0.2, 0) is 4.57 Å². The van der Waals surface area contributed by atoms with Crippen molar-refractivity contribution in [2.75, 3.05) is 0 Å². The second-order valence-corrected chi connectivity index (χ2v) is 1.93. The van der Waals surface area contributed by atoms with Crippen molar-refractivity contribution in [1.29, 1.82) is 5.26 Å². The molecule has 0 amide bonds. The third-order valence-corrected chi connectivity index (χ3v) is 0.391. The fourth-order valence-corrected chi connectivity index (χ4v) is 0. The quantitative estimate of drug-likeness (QED) is 0.267. The Kier molecular flexibility index (Phi) is 5.47. The fourth-order valence-electron chi connectivity index (χ4n) is 0. The smallest absolute Gasteiger partial charge is 1.00 e. The van der Waals surface area contributed by atoms with Crippen molar-refractivity contribution in [2.45, 2.75) is 0 Å². The summed E-state index contributed by atoms with van der Waals surface area (Å²) in [6.45, 7) is 0. The van der Waals surface area contributed by atoms with Crippen molar-refractivity contribution in [1.82, 2.24) is 0 Å². The van der Waals surface area contributed by atoms with Gasteiger partial charge in [-0.2, -0.15) is 5.26 Å². The summed E-state index contributed by atoms with van der Waals surface area (Å²) in [7, 11) is -4.34. The maximum atomic E-state index is 9.33. The molecular formula is CH3NNaO3P. The number of hydrogen-bond acceptors (Lipinski definition) is 2. The Morgan fingerprint density at radius 1 is 1.71 bits per heavy atom. The summed E-state index contributed by atoms with van der Waals surface area (Å²) in [5.74, 6) is 0.771. The second kappa shape index (κ2) is 3.62. The van der Waals surface area contributed by atoms with Crippen LogP contribution in [0.15, 0.2) is 0 Å². The summed E-state index contributed by atoms with van der Waals surface area (Å²) in [5.41, 5.74) is 0. The Hall–Kier alpha value is 0.640. The zero-order valence-corrected chi connectivity index (χ0v) is 6.59. The van der Waals surface area contributed by atoms with Crippen molar-refractivity contribution in [3.05, 3.63) is 0 Å². The molecule has 6 heteroatoms. The molecule has 0 saturated carbocycles. The first-order chi connectivity index (χ1) is 2.56. The number of rotatable bonds is 0. The van der Waals surface area contributed by atoms with Crippen LogP contribution in [0.25, 0.3) is 0 Å². The predicted octanol–water partition coefficient (Wildman–Crippen LogP) is -3.24. The van der Waals surface area contributed by atoms with Crippen LogP contribution in [0.1, 0.15) is 1.43 Å². The first-order valence-corrected chi connectivity index (χ1v) is 2.64. The molecule has 0 aromatic rings. The van der Waals surface area contributed by atoms with Gasteiger partial charge in [-0.25, -0.2) is 4.57 Å².